The lowest BCUT2D eigenvalue weighted by molar-refractivity contribution is 0.981. The average molecular weight is 223 g/mol. The van der Waals surface area contributed by atoms with Gasteiger partial charge in [-0.3, -0.25) is 0 Å². The van der Waals surface area contributed by atoms with Crippen LogP contribution >= 0.6 is 24.0 Å². The Labute approximate surface area is 93.6 Å². The van der Waals surface area contributed by atoms with Crippen LogP contribution in [0.4, 0.5) is 5.00 Å². The van der Waals surface area contributed by atoms with Crippen LogP contribution in [0, 0.1) is 0 Å². The SMILES string of the molecule is CCCNc1sc2ccccc2c1S. The van der Waals surface area contributed by atoms with E-state index in [0.29, 0.717) is 0 Å². The zero-order valence-electron chi connectivity index (χ0n) is 8.08. The van der Waals surface area contributed by atoms with E-state index in [9.17, 15) is 0 Å². The number of anilines is 1. The Bertz CT molecular complexity index is 434. The van der Waals surface area contributed by atoms with Crippen LogP contribution in [0.3, 0.4) is 0 Å². The summed E-state index contributed by atoms with van der Waals surface area (Å²) in [5.41, 5.74) is 0. The molecule has 2 rings (SSSR count). The molecule has 3 heteroatoms. The van der Waals surface area contributed by atoms with Crippen molar-refractivity contribution in [2.24, 2.45) is 0 Å². The molecule has 1 aromatic heterocycles. The molecular weight excluding hydrogens is 210 g/mol. The molecule has 0 spiro atoms. The second kappa shape index (κ2) is 4.24. The standard InChI is InChI=1S/C11H13NS2/c1-2-7-12-11-10(13)8-5-3-4-6-9(8)14-11/h3-6,12-13H,2,7H2,1H3. The van der Waals surface area contributed by atoms with Crippen molar-refractivity contribution in [1.29, 1.82) is 0 Å². The van der Waals surface area contributed by atoms with Crippen LogP contribution in [0.1, 0.15) is 13.3 Å². The first-order chi connectivity index (χ1) is 6.83. The number of rotatable bonds is 3. The fourth-order valence-electron chi connectivity index (χ4n) is 1.39. The molecule has 0 amide bonds. The number of thiol groups is 1. The summed E-state index contributed by atoms with van der Waals surface area (Å²) in [5, 5.41) is 5.83. The van der Waals surface area contributed by atoms with Crippen LogP contribution in [-0.2, 0) is 0 Å². The van der Waals surface area contributed by atoms with Gasteiger partial charge < -0.3 is 5.32 Å². The predicted octanol–water partition coefficient (Wildman–Crippen LogP) is 4.01. The molecule has 0 saturated heterocycles. The lowest BCUT2D eigenvalue weighted by Crippen LogP contribution is -1.97. The second-order valence-corrected chi connectivity index (χ2v) is 4.70. The third-order valence-electron chi connectivity index (χ3n) is 2.10. The molecule has 74 valence electrons. The van der Waals surface area contributed by atoms with Gasteiger partial charge in [-0.15, -0.1) is 24.0 Å². The van der Waals surface area contributed by atoms with Gasteiger partial charge in [0.25, 0.3) is 0 Å². The zero-order chi connectivity index (χ0) is 9.97. The van der Waals surface area contributed by atoms with Crippen molar-refractivity contribution in [2.45, 2.75) is 18.2 Å². The first-order valence-corrected chi connectivity index (χ1v) is 6.03. The summed E-state index contributed by atoms with van der Waals surface area (Å²) in [5.74, 6) is 0. The molecule has 0 radical (unpaired) electrons. The summed E-state index contributed by atoms with van der Waals surface area (Å²) >= 11 is 6.31. The fraction of sp³-hybridized carbons (Fsp3) is 0.273. The van der Waals surface area contributed by atoms with Gasteiger partial charge in [0.2, 0.25) is 0 Å². The van der Waals surface area contributed by atoms with Crippen molar-refractivity contribution < 1.29 is 0 Å². The predicted molar refractivity (Wildman–Crippen MR) is 67.9 cm³/mol. The van der Waals surface area contributed by atoms with Crippen LogP contribution in [0.25, 0.3) is 10.1 Å². The topological polar surface area (TPSA) is 12.0 Å². The molecule has 0 saturated carbocycles. The van der Waals surface area contributed by atoms with Gasteiger partial charge >= 0.3 is 0 Å². The van der Waals surface area contributed by atoms with E-state index in [1.807, 2.05) is 0 Å². The number of benzene rings is 1. The van der Waals surface area contributed by atoms with Crippen molar-refractivity contribution in [3.63, 3.8) is 0 Å². The molecule has 0 bridgehead atoms. The van der Waals surface area contributed by atoms with Gasteiger partial charge in [-0.05, 0) is 12.5 Å². The van der Waals surface area contributed by atoms with E-state index in [-0.39, 0.29) is 0 Å². The largest absolute Gasteiger partial charge is 0.376 e. The molecule has 0 unspecified atom stereocenters. The van der Waals surface area contributed by atoms with Gasteiger partial charge in [-0.2, -0.15) is 0 Å². The Morgan fingerprint density at radius 2 is 2.14 bits per heavy atom. The first-order valence-electron chi connectivity index (χ1n) is 4.77. The molecule has 0 aliphatic heterocycles. The third kappa shape index (κ3) is 1.74. The minimum Gasteiger partial charge on any atom is -0.376 e. The highest BCUT2D eigenvalue weighted by molar-refractivity contribution is 7.81. The quantitative estimate of drug-likeness (QED) is 0.749. The fourth-order valence-corrected chi connectivity index (χ4v) is 2.90. The minimum absolute atomic E-state index is 1.01. The summed E-state index contributed by atoms with van der Waals surface area (Å²) in [6.07, 6.45) is 1.14. The normalized spacial score (nSPS) is 10.7. The molecule has 0 atom stereocenters. The summed E-state index contributed by atoms with van der Waals surface area (Å²) in [6, 6.07) is 8.37. The molecular formula is C11H13NS2. The van der Waals surface area contributed by atoms with Crippen LogP contribution < -0.4 is 5.32 Å². The third-order valence-corrected chi connectivity index (χ3v) is 3.85. The highest BCUT2D eigenvalue weighted by atomic mass is 32.1. The number of fused-ring (bicyclic) bond motifs is 1. The van der Waals surface area contributed by atoms with Crippen LogP contribution in [0.2, 0.25) is 0 Å². The molecule has 1 heterocycles. The monoisotopic (exact) mass is 223 g/mol. The molecule has 2 aromatic rings. The molecule has 14 heavy (non-hydrogen) atoms. The van der Waals surface area contributed by atoms with Gasteiger partial charge in [0.05, 0.1) is 0 Å². The van der Waals surface area contributed by atoms with E-state index in [1.165, 1.54) is 15.1 Å². The van der Waals surface area contributed by atoms with Crippen molar-refractivity contribution in [2.75, 3.05) is 11.9 Å². The van der Waals surface area contributed by atoms with E-state index < -0.39 is 0 Å². The maximum atomic E-state index is 4.54. The highest BCUT2D eigenvalue weighted by Crippen LogP contribution is 2.37. The molecule has 0 aliphatic rings. The molecule has 1 N–H and O–H groups in total. The lowest BCUT2D eigenvalue weighted by atomic mass is 10.3. The van der Waals surface area contributed by atoms with E-state index in [1.54, 1.807) is 11.3 Å². The smallest absolute Gasteiger partial charge is 0.103 e. The van der Waals surface area contributed by atoms with Gasteiger partial charge in [0.1, 0.15) is 5.00 Å². The number of hydrogen-bond donors (Lipinski definition) is 2. The average Bonchev–Trinajstić information content (AvgIpc) is 2.54. The van der Waals surface area contributed by atoms with E-state index in [0.717, 1.165) is 17.9 Å². The van der Waals surface area contributed by atoms with Gasteiger partial charge in [0, 0.05) is 21.5 Å². The Balaban J connectivity index is 2.41. The van der Waals surface area contributed by atoms with Gasteiger partial charge in [0.15, 0.2) is 0 Å². The number of nitrogens with one attached hydrogen (secondary N) is 1. The van der Waals surface area contributed by atoms with Crippen molar-refractivity contribution >= 4 is 39.1 Å². The van der Waals surface area contributed by atoms with Crippen LogP contribution in [0.5, 0.6) is 0 Å². The summed E-state index contributed by atoms with van der Waals surface area (Å²) in [4.78, 5) is 1.08. The molecule has 1 aromatic carbocycles. The Kier molecular flexibility index (Phi) is 2.99. The van der Waals surface area contributed by atoms with Gasteiger partial charge in [-0.25, -0.2) is 0 Å². The maximum Gasteiger partial charge on any atom is 0.103 e. The van der Waals surface area contributed by atoms with E-state index in [4.69, 9.17) is 0 Å². The van der Waals surface area contributed by atoms with Crippen molar-refractivity contribution in [3.05, 3.63) is 24.3 Å². The van der Waals surface area contributed by atoms with Crippen LogP contribution in [0.15, 0.2) is 29.2 Å². The van der Waals surface area contributed by atoms with Crippen molar-refractivity contribution in [1.82, 2.24) is 0 Å². The first kappa shape index (κ1) is 9.87. The molecule has 0 aliphatic carbocycles. The molecule has 0 fully saturated rings. The number of thiophene rings is 1. The van der Waals surface area contributed by atoms with E-state index in [2.05, 4.69) is 49.1 Å². The van der Waals surface area contributed by atoms with Gasteiger partial charge in [-0.1, -0.05) is 25.1 Å². The summed E-state index contributed by atoms with van der Waals surface area (Å²) in [6.45, 7) is 3.18. The maximum absolute atomic E-state index is 4.54. The lowest BCUT2D eigenvalue weighted by Gasteiger charge is -2.00. The van der Waals surface area contributed by atoms with E-state index >= 15 is 0 Å². The zero-order valence-corrected chi connectivity index (χ0v) is 9.79. The minimum atomic E-state index is 1.01. The molecule has 1 nitrogen and oxygen atoms in total. The number of hydrogen-bond acceptors (Lipinski definition) is 3. The van der Waals surface area contributed by atoms with Crippen LogP contribution in [-0.4, -0.2) is 6.54 Å². The Morgan fingerprint density at radius 1 is 1.36 bits per heavy atom. The Morgan fingerprint density at radius 3 is 2.86 bits per heavy atom. The Hall–Kier alpha value is -0.670. The summed E-state index contributed by atoms with van der Waals surface area (Å²) in [7, 11) is 0. The van der Waals surface area contributed by atoms with Crippen molar-refractivity contribution in [3.8, 4) is 0 Å². The second-order valence-electron chi connectivity index (χ2n) is 3.20. The summed E-state index contributed by atoms with van der Waals surface area (Å²) < 4.78 is 1.30. The highest BCUT2D eigenvalue weighted by Gasteiger charge is 2.06.